The van der Waals surface area contributed by atoms with Crippen molar-refractivity contribution < 1.29 is 21.5 Å². The van der Waals surface area contributed by atoms with Gasteiger partial charge >= 0.3 is 165 Å². The molecule has 1 unspecified atom stereocenters. The van der Waals surface area contributed by atoms with E-state index in [9.17, 15) is 0 Å². The van der Waals surface area contributed by atoms with Gasteiger partial charge in [-0.15, -0.1) is 10.2 Å². The van der Waals surface area contributed by atoms with E-state index in [1.807, 2.05) is 16.6 Å². The van der Waals surface area contributed by atoms with Gasteiger partial charge < -0.3 is 4.90 Å². The number of halogens is 1. The van der Waals surface area contributed by atoms with E-state index in [-0.39, 0.29) is 33.1 Å². The summed E-state index contributed by atoms with van der Waals surface area (Å²) in [6.45, 7) is 28.6. The van der Waals surface area contributed by atoms with Crippen molar-refractivity contribution >= 4 is 51.6 Å². The summed E-state index contributed by atoms with van der Waals surface area (Å²) in [5, 5.41) is 29.8. The predicted molar refractivity (Wildman–Crippen MR) is 244 cm³/mol. The first-order valence-corrected chi connectivity index (χ1v) is 24.9. The smallest absolute Gasteiger partial charge is 0.205 e. The molecule has 1 aromatic carbocycles. The molecule has 0 radical (unpaired) electrons. The fourth-order valence-electron chi connectivity index (χ4n) is 7.59. The zero-order valence-electron chi connectivity index (χ0n) is 37.8. The summed E-state index contributed by atoms with van der Waals surface area (Å²) in [6, 6.07) is 12.7. The third-order valence-electron chi connectivity index (χ3n) is 10.8. The zero-order chi connectivity index (χ0) is 43.0. The van der Waals surface area contributed by atoms with Crippen LogP contribution in [0, 0.1) is 18.3 Å². The van der Waals surface area contributed by atoms with E-state index in [0.717, 1.165) is 122 Å². The average molecular weight is 933 g/mol. The molecule has 5 heterocycles. The third kappa shape index (κ3) is 10.6. The molecule has 6 rings (SSSR count). The Hall–Kier alpha value is -4.29. The Bertz CT molecular complexity index is 2070. The van der Waals surface area contributed by atoms with Crippen LogP contribution >= 0.6 is 0 Å². The molecule has 0 saturated carbocycles. The van der Waals surface area contributed by atoms with Gasteiger partial charge in [0.15, 0.2) is 5.82 Å². The molecular weight excluding hydrogens is 865 g/mol. The number of aryl methyl sites for hydroxylation is 1. The van der Waals surface area contributed by atoms with Crippen LogP contribution in [-0.4, -0.2) is 115 Å². The number of amidine groups is 1. The van der Waals surface area contributed by atoms with Crippen LogP contribution in [0.3, 0.4) is 0 Å². The van der Waals surface area contributed by atoms with Crippen LogP contribution in [0.2, 0.25) is 0 Å². The van der Waals surface area contributed by atoms with Crippen molar-refractivity contribution in [3.8, 4) is 0 Å². The van der Waals surface area contributed by atoms with Gasteiger partial charge in [-0.05, 0) is 58.3 Å². The number of anilines is 2. The van der Waals surface area contributed by atoms with Gasteiger partial charge in [0.25, 0.3) is 0 Å². The van der Waals surface area contributed by atoms with Gasteiger partial charge in [-0.3, -0.25) is 4.90 Å². The van der Waals surface area contributed by atoms with Crippen LogP contribution in [0.25, 0.3) is 0 Å². The Balaban J connectivity index is 1.16. The van der Waals surface area contributed by atoms with Crippen molar-refractivity contribution in [1.29, 1.82) is 0 Å². The Kier molecular flexibility index (Phi) is 15.5. The molecule has 0 bridgehead atoms. The fraction of sp³-hybridized carbons (Fsp3) is 0.591. The maximum atomic E-state index is 5.20. The molecular formula is C44H67IN15-. The molecule has 326 valence electrons. The Morgan fingerprint density at radius 3 is 2.35 bits per heavy atom. The standard InChI is InChI=1S/C44H67IN15/c1-12-25-56(29-38-51-53-43-40(41(44(8,9)10)55-60(38)43)49-34-23-24-36(47-31(34)7)57(13-2)14-3)26-17-16-18-35-39(48-32-19-21-33(22-20-32)58(15-4)45-11)42-52-50-37(59(42)54-35)28-46-27-30(5)6/h19-24,30,42,46,52H,12-18,25-29H2,1-11H3/q-1. The summed E-state index contributed by atoms with van der Waals surface area (Å²) < 4.78 is 4.37. The van der Waals surface area contributed by atoms with E-state index >= 15 is 0 Å². The number of nitrogens with one attached hydrogen (secondary N) is 2. The number of nitrogens with zero attached hydrogens (tertiary/aromatic N) is 13. The monoisotopic (exact) mass is 932 g/mol. The van der Waals surface area contributed by atoms with E-state index < -0.39 is 0 Å². The Morgan fingerprint density at radius 1 is 0.933 bits per heavy atom. The van der Waals surface area contributed by atoms with E-state index in [2.05, 4.69) is 143 Å². The molecule has 3 aromatic rings. The second-order valence-corrected chi connectivity index (χ2v) is 19.1. The number of rotatable bonds is 21. The molecule has 0 fully saturated rings. The van der Waals surface area contributed by atoms with Gasteiger partial charge in [-0.1, -0.05) is 41.5 Å². The van der Waals surface area contributed by atoms with Crippen LogP contribution in [0.4, 0.5) is 22.9 Å². The Morgan fingerprint density at radius 2 is 1.70 bits per heavy atom. The van der Waals surface area contributed by atoms with Crippen LogP contribution in [-0.2, 0) is 6.54 Å². The summed E-state index contributed by atoms with van der Waals surface area (Å²) >= 11 is -0.0280. The second-order valence-electron chi connectivity index (χ2n) is 16.9. The van der Waals surface area contributed by atoms with E-state index in [4.69, 9.17) is 25.2 Å². The number of hydrazone groups is 2. The first-order valence-electron chi connectivity index (χ1n) is 21.8. The molecule has 0 spiro atoms. The number of pyridine rings is 1. The van der Waals surface area contributed by atoms with Gasteiger partial charge in [0, 0.05) is 18.5 Å². The average Bonchev–Trinajstić information content (AvgIpc) is 3.98. The maximum Gasteiger partial charge on any atom is 0.205 e. The molecule has 2 aromatic heterocycles. The summed E-state index contributed by atoms with van der Waals surface area (Å²) in [7, 11) is 0. The minimum Gasteiger partial charge on any atom is -0.357 e. The summed E-state index contributed by atoms with van der Waals surface area (Å²) in [5.41, 5.74) is 10.6. The van der Waals surface area contributed by atoms with Crippen LogP contribution in [0.5, 0.6) is 0 Å². The molecule has 1 atom stereocenters. The van der Waals surface area contributed by atoms with Gasteiger partial charge in [0.1, 0.15) is 11.5 Å². The van der Waals surface area contributed by atoms with Crippen molar-refractivity contribution in [3.05, 3.63) is 53.7 Å². The first kappa shape index (κ1) is 45.2. The van der Waals surface area contributed by atoms with Gasteiger partial charge in [0.05, 0.1) is 23.6 Å². The number of fused-ring (bicyclic) bond motifs is 2. The zero-order valence-corrected chi connectivity index (χ0v) is 40.0. The second kappa shape index (κ2) is 20.5. The number of alkyl halides is 1. The van der Waals surface area contributed by atoms with Crippen LogP contribution < -0.4 is 40.2 Å². The molecule has 3 aliphatic heterocycles. The van der Waals surface area contributed by atoms with Gasteiger partial charge in [0.2, 0.25) is 5.82 Å². The minimum absolute atomic E-state index is 0.0280. The van der Waals surface area contributed by atoms with Crippen LogP contribution in [0.15, 0.2) is 61.7 Å². The molecule has 0 aliphatic carbocycles. The van der Waals surface area contributed by atoms with Gasteiger partial charge in [-0.2, -0.15) is 9.78 Å². The molecule has 2 N–H and O–H groups in total. The number of aromatic nitrogens is 4. The van der Waals surface area contributed by atoms with E-state index in [1.165, 1.54) is 5.69 Å². The number of unbranched alkanes of at least 4 members (excludes halogenated alkanes) is 1. The van der Waals surface area contributed by atoms with Crippen molar-refractivity contribution in [1.82, 2.24) is 40.5 Å². The Labute approximate surface area is 368 Å². The fourth-order valence-corrected chi connectivity index (χ4v) is 9.15. The first-order chi connectivity index (χ1) is 28.9. The summed E-state index contributed by atoms with van der Waals surface area (Å²) in [6.07, 6.45) is 3.64. The normalized spacial score (nSPS) is 17.5. The largest absolute Gasteiger partial charge is 0.357 e. The number of benzene rings is 1. The van der Waals surface area contributed by atoms with Gasteiger partial charge in [-0.25, -0.2) is 9.98 Å². The van der Waals surface area contributed by atoms with E-state index in [1.54, 1.807) is 0 Å². The van der Waals surface area contributed by atoms with Crippen molar-refractivity contribution in [3.63, 3.8) is 0 Å². The molecule has 16 heteroatoms. The predicted octanol–water partition coefficient (Wildman–Crippen LogP) is 3.99. The molecule has 0 saturated heterocycles. The number of hydrogen-bond donors (Lipinski definition) is 2. The van der Waals surface area contributed by atoms with E-state index in [0.29, 0.717) is 24.8 Å². The third-order valence-corrected chi connectivity index (χ3v) is 13.2. The van der Waals surface area contributed by atoms with Crippen molar-refractivity contribution in [2.75, 3.05) is 58.8 Å². The summed E-state index contributed by atoms with van der Waals surface area (Å²) in [4.78, 5) is 22.3. The van der Waals surface area contributed by atoms with Crippen LogP contribution in [0.1, 0.15) is 105 Å². The molecule has 15 nitrogen and oxygen atoms in total. The molecule has 0 amide bonds. The molecule has 60 heavy (non-hydrogen) atoms. The summed E-state index contributed by atoms with van der Waals surface area (Å²) in [5.74, 6) is 3.92. The molecule has 3 aliphatic rings. The quantitative estimate of drug-likeness (QED) is 0.0703. The van der Waals surface area contributed by atoms with Crippen molar-refractivity contribution in [2.45, 2.75) is 108 Å². The number of hydrogen-bond acceptors (Lipinski definition) is 14. The van der Waals surface area contributed by atoms with Crippen molar-refractivity contribution in [2.24, 2.45) is 36.6 Å². The maximum absolute atomic E-state index is 5.20. The number of aliphatic imine (C=N–C) groups is 2. The minimum atomic E-state index is -0.245. The topological polar surface area (TPSA) is 142 Å². The SMILES string of the molecule is CCCN(CCCCC1=NN2C(CNCC(C)C)=NNC2C1=Nc1ccc(N(CC)[I-]C)cc1)Cc1nnc2n1N=C(C(C)(C)C)C2=Nc1ccc(N(CC)CC)nc1C.